The Kier molecular flexibility index (Phi) is 4.93. The third kappa shape index (κ3) is 3.41. The molecule has 1 aliphatic heterocycles. The molecule has 2 nitrogen and oxygen atoms in total. The van der Waals surface area contributed by atoms with Gasteiger partial charge in [-0.1, -0.05) is 22.0 Å². The molecule has 0 N–H and O–H groups in total. The van der Waals surface area contributed by atoms with E-state index >= 15 is 0 Å². The number of halogens is 2. The first-order valence-corrected chi connectivity index (χ1v) is 9.14. The molecule has 2 heterocycles. The average molecular weight is 382 g/mol. The van der Waals surface area contributed by atoms with E-state index < -0.39 is 0 Å². The number of hydrogen-bond acceptors (Lipinski definition) is 2. The summed E-state index contributed by atoms with van der Waals surface area (Å²) < 4.78 is 14.5. The second-order valence-corrected chi connectivity index (χ2v) is 7.23. The van der Waals surface area contributed by atoms with Gasteiger partial charge in [-0.3, -0.25) is 4.79 Å². The van der Waals surface area contributed by atoms with Gasteiger partial charge in [0.2, 0.25) is 5.91 Å². The Morgan fingerprint density at radius 1 is 1.41 bits per heavy atom. The van der Waals surface area contributed by atoms with Gasteiger partial charge < -0.3 is 4.90 Å². The Morgan fingerprint density at radius 3 is 3.00 bits per heavy atom. The van der Waals surface area contributed by atoms with Gasteiger partial charge in [0.15, 0.2) is 0 Å². The summed E-state index contributed by atoms with van der Waals surface area (Å²) in [5.41, 5.74) is 1.83. The van der Waals surface area contributed by atoms with Crippen LogP contribution in [-0.4, -0.2) is 17.4 Å². The third-order valence-electron chi connectivity index (χ3n) is 4.12. The highest BCUT2D eigenvalue weighted by molar-refractivity contribution is 9.10. The van der Waals surface area contributed by atoms with Crippen LogP contribution in [-0.2, 0) is 11.2 Å². The van der Waals surface area contributed by atoms with Crippen LogP contribution in [0.25, 0.3) is 0 Å². The molecular weight excluding hydrogens is 365 g/mol. The van der Waals surface area contributed by atoms with Crippen molar-refractivity contribution in [1.29, 1.82) is 0 Å². The zero-order valence-corrected chi connectivity index (χ0v) is 14.5. The minimum atomic E-state index is -0.252. The number of hydrogen-bond donors (Lipinski definition) is 0. The highest BCUT2D eigenvalue weighted by Crippen LogP contribution is 2.33. The maximum atomic E-state index is 13.8. The lowest BCUT2D eigenvalue weighted by molar-refractivity contribution is -0.132. The van der Waals surface area contributed by atoms with Crippen LogP contribution in [0.4, 0.5) is 4.39 Å². The second-order valence-electron chi connectivity index (χ2n) is 5.54. The van der Waals surface area contributed by atoms with E-state index in [9.17, 15) is 9.18 Å². The van der Waals surface area contributed by atoms with Crippen LogP contribution in [0.3, 0.4) is 0 Å². The van der Waals surface area contributed by atoms with Crippen molar-refractivity contribution in [3.63, 3.8) is 0 Å². The van der Waals surface area contributed by atoms with Gasteiger partial charge in [0.1, 0.15) is 5.82 Å². The number of aryl methyl sites for hydroxylation is 1. The molecule has 1 saturated heterocycles. The van der Waals surface area contributed by atoms with Gasteiger partial charge in [-0.15, -0.1) is 0 Å². The van der Waals surface area contributed by atoms with Crippen molar-refractivity contribution in [2.45, 2.75) is 31.7 Å². The van der Waals surface area contributed by atoms with Gasteiger partial charge in [-0.25, -0.2) is 4.39 Å². The normalized spacial score (nSPS) is 17.9. The maximum absolute atomic E-state index is 13.8. The fraction of sp³-hybridized carbons (Fsp3) is 0.353. The molecule has 1 amide bonds. The number of amides is 1. The molecular formula is C17H17BrFNOS. The summed E-state index contributed by atoms with van der Waals surface area (Å²) in [5, 5.41) is 4.16. The lowest BCUT2D eigenvalue weighted by Crippen LogP contribution is -2.30. The Hall–Kier alpha value is -1.20. The minimum Gasteiger partial charge on any atom is -0.336 e. The summed E-state index contributed by atoms with van der Waals surface area (Å²) in [5.74, 6) is -0.131. The monoisotopic (exact) mass is 381 g/mol. The number of rotatable bonds is 4. The second kappa shape index (κ2) is 6.92. The Morgan fingerprint density at radius 2 is 2.27 bits per heavy atom. The number of thiophene rings is 1. The smallest absolute Gasteiger partial charge is 0.223 e. The van der Waals surface area contributed by atoms with Gasteiger partial charge in [0, 0.05) is 17.4 Å². The summed E-state index contributed by atoms with van der Waals surface area (Å²) in [6, 6.07) is 7.30. The summed E-state index contributed by atoms with van der Waals surface area (Å²) in [6.07, 6.45) is 2.87. The minimum absolute atomic E-state index is 0.121. The van der Waals surface area contributed by atoms with E-state index in [2.05, 4.69) is 27.4 Å². The summed E-state index contributed by atoms with van der Waals surface area (Å²) in [4.78, 5) is 14.5. The summed E-state index contributed by atoms with van der Waals surface area (Å²) in [6.45, 7) is 0.808. The van der Waals surface area contributed by atoms with Crippen molar-refractivity contribution in [1.82, 2.24) is 4.90 Å². The molecule has 3 rings (SSSR count). The molecule has 1 aromatic carbocycles. The summed E-state index contributed by atoms with van der Waals surface area (Å²) in [7, 11) is 0. The lowest BCUT2D eigenvalue weighted by Gasteiger charge is -2.24. The molecule has 0 radical (unpaired) electrons. The van der Waals surface area contributed by atoms with E-state index in [4.69, 9.17) is 0 Å². The predicted molar refractivity (Wildman–Crippen MR) is 90.4 cm³/mol. The van der Waals surface area contributed by atoms with Crippen molar-refractivity contribution in [3.8, 4) is 0 Å². The first-order chi connectivity index (χ1) is 10.6. The zero-order valence-electron chi connectivity index (χ0n) is 12.1. The van der Waals surface area contributed by atoms with E-state index in [1.807, 2.05) is 16.3 Å². The van der Waals surface area contributed by atoms with Crippen LogP contribution in [0.2, 0.25) is 0 Å². The SMILES string of the molecule is O=C(CCc1ccc(Br)cc1F)N1CCCC1c1ccsc1. The molecule has 1 unspecified atom stereocenters. The van der Waals surface area contributed by atoms with E-state index in [0.717, 1.165) is 23.9 Å². The van der Waals surface area contributed by atoms with Crippen LogP contribution >= 0.6 is 27.3 Å². The molecule has 0 saturated carbocycles. The third-order valence-corrected chi connectivity index (χ3v) is 5.32. The largest absolute Gasteiger partial charge is 0.336 e. The Labute approximate surface area is 142 Å². The molecule has 2 aromatic rings. The van der Waals surface area contributed by atoms with Crippen molar-refractivity contribution in [2.24, 2.45) is 0 Å². The quantitative estimate of drug-likeness (QED) is 0.733. The molecule has 1 fully saturated rings. The first kappa shape index (κ1) is 15.7. The van der Waals surface area contributed by atoms with Gasteiger partial charge >= 0.3 is 0 Å². The van der Waals surface area contributed by atoms with Crippen LogP contribution in [0.15, 0.2) is 39.5 Å². The average Bonchev–Trinajstić information content (AvgIpc) is 3.16. The van der Waals surface area contributed by atoms with E-state index in [1.54, 1.807) is 17.4 Å². The molecule has 116 valence electrons. The predicted octanol–water partition coefficient (Wildman–Crippen LogP) is 4.95. The molecule has 1 aromatic heterocycles. The van der Waals surface area contributed by atoms with Gasteiger partial charge in [-0.2, -0.15) is 11.3 Å². The van der Waals surface area contributed by atoms with E-state index in [0.29, 0.717) is 18.4 Å². The van der Waals surface area contributed by atoms with Crippen molar-refractivity contribution >= 4 is 33.2 Å². The molecule has 1 aliphatic rings. The number of carbonyl (C=O) groups excluding carboxylic acids is 1. The number of benzene rings is 1. The summed E-state index contributed by atoms with van der Waals surface area (Å²) >= 11 is 4.91. The van der Waals surface area contributed by atoms with E-state index in [-0.39, 0.29) is 17.8 Å². The van der Waals surface area contributed by atoms with Gasteiger partial charge in [0.05, 0.1) is 6.04 Å². The van der Waals surface area contributed by atoms with Crippen LogP contribution < -0.4 is 0 Å². The van der Waals surface area contributed by atoms with Crippen LogP contribution in [0, 0.1) is 5.82 Å². The zero-order chi connectivity index (χ0) is 15.5. The fourth-order valence-corrected chi connectivity index (χ4v) is 4.03. The van der Waals surface area contributed by atoms with E-state index in [1.165, 1.54) is 11.6 Å². The maximum Gasteiger partial charge on any atom is 0.223 e. The fourth-order valence-electron chi connectivity index (χ4n) is 2.99. The van der Waals surface area contributed by atoms with Crippen molar-refractivity contribution < 1.29 is 9.18 Å². The molecule has 0 aliphatic carbocycles. The lowest BCUT2D eigenvalue weighted by atomic mass is 10.1. The topological polar surface area (TPSA) is 20.3 Å². The van der Waals surface area contributed by atoms with Crippen LogP contribution in [0.5, 0.6) is 0 Å². The molecule has 22 heavy (non-hydrogen) atoms. The highest BCUT2D eigenvalue weighted by Gasteiger charge is 2.29. The Balaban J connectivity index is 1.64. The molecule has 5 heteroatoms. The Bertz CT molecular complexity index is 659. The van der Waals surface area contributed by atoms with Crippen molar-refractivity contribution in [2.75, 3.05) is 6.54 Å². The first-order valence-electron chi connectivity index (χ1n) is 7.40. The number of nitrogens with zero attached hydrogens (tertiary/aromatic N) is 1. The number of likely N-dealkylation sites (tertiary alicyclic amines) is 1. The molecule has 1 atom stereocenters. The van der Waals surface area contributed by atoms with Gasteiger partial charge in [0.25, 0.3) is 0 Å². The molecule has 0 spiro atoms. The van der Waals surface area contributed by atoms with Gasteiger partial charge in [-0.05, 0) is 59.3 Å². The number of carbonyl (C=O) groups is 1. The standard InChI is InChI=1S/C17H17BrFNOS/c18-14-5-3-12(15(19)10-14)4-6-17(21)20-8-1-2-16(20)13-7-9-22-11-13/h3,5,7,9-11,16H,1-2,4,6,8H2. The highest BCUT2D eigenvalue weighted by atomic mass is 79.9. The molecule has 0 bridgehead atoms. The van der Waals surface area contributed by atoms with Crippen LogP contribution in [0.1, 0.15) is 36.4 Å². The van der Waals surface area contributed by atoms with Crippen molar-refractivity contribution in [3.05, 3.63) is 56.4 Å².